The van der Waals surface area contributed by atoms with Gasteiger partial charge in [0, 0.05) is 24.0 Å². The Morgan fingerprint density at radius 3 is 2.32 bits per heavy atom. The Labute approximate surface area is 167 Å². The standard InChI is InChI=1S/C23H29N5/c1-6-16(2)25-22-27-20(19-9-7-8-14-24-19)15-21(28-22)26-18-12-10-17(11-13-18)23(3,4)5/h7-16H,6H2,1-5H3,(H2,25,26,27,28)/t16-/m1/s1. The molecule has 0 unspecified atom stereocenters. The predicted octanol–water partition coefficient (Wildman–Crippen LogP) is 5.79. The number of aromatic nitrogens is 3. The van der Waals surface area contributed by atoms with Gasteiger partial charge in [-0.1, -0.05) is 45.9 Å². The first-order valence-corrected chi connectivity index (χ1v) is 9.80. The van der Waals surface area contributed by atoms with E-state index >= 15 is 0 Å². The fraction of sp³-hybridized carbons (Fsp3) is 0.348. The number of anilines is 3. The Morgan fingerprint density at radius 1 is 0.964 bits per heavy atom. The van der Waals surface area contributed by atoms with E-state index in [-0.39, 0.29) is 11.5 Å². The van der Waals surface area contributed by atoms with Crippen LogP contribution in [0.5, 0.6) is 0 Å². The van der Waals surface area contributed by atoms with Gasteiger partial charge in [0.25, 0.3) is 0 Å². The van der Waals surface area contributed by atoms with Gasteiger partial charge >= 0.3 is 0 Å². The first-order chi connectivity index (χ1) is 13.3. The van der Waals surface area contributed by atoms with Gasteiger partial charge in [-0.2, -0.15) is 4.98 Å². The van der Waals surface area contributed by atoms with E-state index < -0.39 is 0 Å². The molecule has 5 nitrogen and oxygen atoms in total. The van der Waals surface area contributed by atoms with Gasteiger partial charge in [-0.25, -0.2) is 4.98 Å². The molecule has 0 amide bonds. The Balaban J connectivity index is 1.91. The number of benzene rings is 1. The molecule has 28 heavy (non-hydrogen) atoms. The third-order valence-corrected chi connectivity index (χ3v) is 4.66. The Bertz CT molecular complexity index is 899. The summed E-state index contributed by atoms with van der Waals surface area (Å²) in [5, 5.41) is 6.77. The maximum absolute atomic E-state index is 4.65. The zero-order valence-corrected chi connectivity index (χ0v) is 17.3. The number of rotatable bonds is 6. The summed E-state index contributed by atoms with van der Waals surface area (Å²) in [6.45, 7) is 10.9. The third kappa shape index (κ3) is 5.06. The van der Waals surface area contributed by atoms with E-state index in [4.69, 9.17) is 0 Å². The summed E-state index contributed by atoms with van der Waals surface area (Å²) >= 11 is 0. The highest BCUT2D eigenvalue weighted by molar-refractivity contribution is 5.65. The van der Waals surface area contributed by atoms with E-state index in [2.05, 4.69) is 84.5 Å². The molecule has 0 bridgehead atoms. The quantitative estimate of drug-likeness (QED) is 0.571. The predicted molar refractivity (Wildman–Crippen MR) is 117 cm³/mol. The molecule has 1 atom stereocenters. The highest BCUT2D eigenvalue weighted by Crippen LogP contribution is 2.26. The van der Waals surface area contributed by atoms with Crippen molar-refractivity contribution in [1.29, 1.82) is 0 Å². The maximum atomic E-state index is 4.65. The van der Waals surface area contributed by atoms with Gasteiger partial charge in [0.15, 0.2) is 0 Å². The molecule has 0 saturated heterocycles. The van der Waals surface area contributed by atoms with E-state index in [9.17, 15) is 0 Å². The van der Waals surface area contributed by atoms with E-state index in [1.807, 2.05) is 24.3 Å². The molecule has 3 aromatic rings. The van der Waals surface area contributed by atoms with Crippen molar-refractivity contribution in [3.05, 3.63) is 60.3 Å². The van der Waals surface area contributed by atoms with Crippen LogP contribution >= 0.6 is 0 Å². The van der Waals surface area contributed by atoms with Gasteiger partial charge in [0.2, 0.25) is 5.95 Å². The lowest BCUT2D eigenvalue weighted by molar-refractivity contribution is 0.590. The molecular formula is C23H29N5. The second kappa shape index (κ2) is 8.38. The van der Waals surface area contributed by atoms with Crippen LogP contribution in [-0.4, -0.2) is 21.0 Å². The summed E-state index contributed by atoms with van der Waals surface area (Å²) in [5.74, 6) is 1.34. The Kier molecular flexibility index (Phi) is 5.93. The van der Waals surface area contributed by atoms with Gasteiger partial charge in [0.1, 0.15) is 5.82 Å². The monoisotopic (exact) mass is 375 g/mol. The molecule has 0 radical (unpaired) electrons. The zero-order chi connectivity index (χ0) is 20.1. The van der Waals surface area contributed by atoms with Gasteiger partial charge in [-0.3, -0.25) is 4.98 Å². The molecule has 2 N–H and O–H groups in total. The highest BCUT2D eigenvalue weighted by Gasteiger charge is 2.13. The van der Waals surface area contributed by atoms with Crippen LogP contribution in [0.3, 0.4) is 0 Å². The zero-order valence-electron chi connectivity index (χ0n) is 17.3. The lowest BCUT2D eigenvalue weighted by Gasteiger charge is -2.19. The lowest BCUT2D eigenvalue weighted by Crippen LogP contribution is -2.16. The minimum Gasteiger partial charge on any atom is -0.352 e. The molecule has 0 saturated carbocycles. The number of nitrogens with one attached hydrogen (secondary N) is 2. The van der Waals surface area contributed by atoms with Crippen LogP contribution in [0.2, 0.25) is 0 Å². The van der Waals surface area contributed by atoms with Crippen LogP contribution in [0.4, 0.5) is 17.5 Å². The fourth-order valence-corrected chi connectivity index (χ4v) is 2.75. The minimum absolute atomic E-state index is 0.132. The molecule has 0 aliphatic carbocycles. The van der Waals surface area contributed by atoms with Crippen molar-refractivity contribution in [3.8, 4) is 11.4 Å². The largest absolute Gasteiger partial charge is 0.352 e. The van der Waals surface area contributed by atoms with Crippen molar-refractivity contribution < 1.29 is 0 Å². The molecule has 5 heteroatoms. The van der Waals surface area contributed by atoms with Gasteiger partial charge < -0.3 is 10.6 Å². The number of pyridine rings is 1. The fourth-order valence-electron chi connectivity index (χ4n) is 2.75. The SMILES string of the molecule is CC[C@@H](C)Nc1nc(Nc2ccc(C(C)(C)C)cc2)cc(-c2ccccn2)n1. The van der Waals surface area contributed by atoms with Crippen molar-refractivity contribution in [2.75, 3.05) is 10.6 Å². The van der Waals surface area contributed by atoms with E-state index in [0.29, 0.717) is 5.95 Å². The van der Waals surface area contributed by atoms with Crippen LogP contribution in [-0.2, 0) is 5.41 Å². The Morgan fingerprint density at radius 2 is 1.71 bits per heavy atom. The van der Waals surface area contributed by atoms with Crippen molar-refractivity contribution >= 4 is 17.5 Å². The lowest BCUT2D eigenvalue weighted by atomic mass is 9.87. The number of hydrogen-bond acceptors (Lipinski definition) is 5. The van der Waals surface area contributed by atoms with Gasteiger partial charge in [-0.15, -0.1) is 0 Å². The first-order valence-electron chi connectivity index (χ1n) is 9.80. The molecule has 146 valence electrons. The summed E-state index contributed by atoms with van der Waals surface area (Å²) < 4.78 is 0. The van der Waals surface area contributed by atoms with Crippen LogP contribution in [0.15, 0.2) is 54.7 Å². The summed E-state index contributed by atoms with van der Waals surface area (Å²) in [6, 6.07) is 16.5. The molecule has 0 spiro atoms. The van der Waals surface area contributed by atoms with Crippen LogP contribution in [0, 0.1) is 0 Å². The number of nitrogens with zero attached hydrogens (tertiary/aromatic N) is 3. The topological polar surface area (TPSA) is 62.7 Å². The smallest absolute Gasteiger partial charge is 0.225 e. The van der Waals surface area contributed by atoms with Crippen molar-refractivity contribution in [3.63, 3.8) is 0 Å². The van der Waals surface area contributed by atoms with Crippen LogP contribution < -0.4 is 10.6 Å². The summed E-state index contributed by atoms with van der Waals surface area (Å²) in [4.78, 5) is 13.7. The normalized spacial score (nSPS) is 12.5. The van der Waals surface area contributed by atoms with Crippen LogP contribution in [0.25, 0.3) is 11.4 Å². The maximum Gasteiger partial charge on any atom is 0.225 e. The summed E-state index contributed by atoms with van der Waals surface area (Å²) in [7, 11) is 0. The molecule has 2 aromatic heterocycles. The molecule has 0 fully saturated rings. The molecule has 2 heterocycles. The average Bonchev–Trinajstić information content (AvgIpc) is 2.68. The van der Waals surface area contributed by atoms with E-state index in [1.54, 1.807) is 6.20 Å². The van der Waals surface area contributed by atoms with Crippen LogP contribution in [0.1, 0.15) is 46.6 Å². The summed E-state index contributed by atoms with van der Waals surface area (Å²) in [6.07, 6.45) is 2.77. The second-order valence-corrected chi connectivity index (χ2v) is 8.08. The van der Waals surface area contributed by atoms with Crippen molar-refractivity contribution in [2.45, 2.75) is 52.5 Å². The second-order valence-electron chi connectivity index (χ2n) is 8.08. The third-order valence-electron chi connectivity index (χ3n) is 4.66. The van der Waals surface area contributed by atoms with Crippen molar-refractivity contribution in [1.82, 2.24) is 15.0 Å². The van der Waals surface area contributed by atoms with Gasteiger partial charge in [-0.05, 0) is 48.6 Å². The minimum atomic E-state index is 0.132. The Hall–Kier alpha value is -2.95. The van der Waals surface area contributed by atoms with E-state index in [1.165, 1.54) is 5.56 Å². The first kappa shape index (κ1) is 19.8. The molecule has 0 aliphatic rings. The number of hydrogen-bond donors (Lipinski definition) is 2. The molecule has 3 rings (SSSR count). The molecular weight excluding hydrogens is 346 g/mol. The van der Waals surface area contributed by atoms with Gasteiger partial charge in [0.05, 0.1) is 11.4 Å². The van der Waals surface area contributed by atoms with Crippen molar-refractivity contribution in [2.24, 2.45) is 0 Å². The highest BCUT2D eigenvalue weighted by atomic mass is 15.2. The summed E-state index contributed by atoms with van der Waals surface area (Å²) in [5.41, 5.74) is 4.04. The molecule has 0 aliphatic heterocycles. The average molecular weight is 376 g/mol. The molecule has 1 aromatic carbocycles. The van der Waals surface area contributed by atoms with E-state index in [0.717, 1.165) is 29.3 Å².